The van der Waals surface area contributed by atoms with E-state index >= 15 is 0 Å². The lowest BCUT2D eigenvalue weighted by atomic mass is 10.2. The van der Waals surface area contributed by atoms with E-state index in [1.54, 1.807) is 17.0 Å². The monoisotopic (exact) mass is 398 g/mol. The highest BCUT2D eigenvalue weighted by molar-refractivity contribution is 5.79. The Morgan fingerprint density at radius 3 is 2.10 bits per heavy atom. The molecule has 0 aliphatic carbocycles. The van der Waals surface area contributed by atoms with Crippen LogP contribution in [0, 0.1) is 11.3 Å². The molecule has 2 saturated heterocycles. The average molecular weight is 399 g/mol. The van der Waals surface area contributed by atoms with Crippen molar-refractivity contribution in [2.24, 2.45) is 0 Å². The lowest BCUT2D eigenvalue weighted by Gasteiger charge is -2.35. The van der Waals surface area contributed by atoms with E-state index in [0.717, 1.165) is 31.5 Å². The molecule has 0 saturated carbocycles. The first-order chi connectivity index (χ1) is 14.2. The highest BCUT2D eigenvalue weighted by Gasteiger charge is 2.24. The van der Waals surface area contributed by atoms with Gasteiger partial charge in [0.2, 0.25) is 5.91 Å². The smallest absolute Gasteiger partial charge is 0.260 e. The van der Waals surface area contributed by atoms with Gasteiger partial charge in [-0.2, -0.15) is 5.26 Å². The molecule has 2 aliphatic heterocycles. The van der Waals surface area contributed by atoms with Gasteiger partial charge in [0.25, 0.3) is 5.91 Å². The van der Waals surface area contributed by atoms with Gasteiger partial charge in [0, 0.05) is 39.3 Å². The molecule has 29 heavy (non-hydrogen) atoms. The molecule has 156 valence electrons. The van der Waals surface area contributed by atoms with Gasteiger partial charge in [-0.25, -0.2) is 0 Å². The molecule has 2 heterocycles. The topological polar surface area (TPSA) is 76.9 Å². The van der Waals surface area contributed by atoms with Crippen molar-refractivity contribution in [3.8, 4) is 11.8 Å². The third-order valence-corrected chi connectivity index (χ3v) is 5.61. The molecule has 1 aromatic carbocycles. The normalized spacial score (nSPS) is 18.0. The number of benzene rings is 1. The van der Waals surface area contributed by atoms with Crippen LogP contribution in [0.1, 0.15) is 31.2 Å². The van der Waals surface area contributed by atoms with Crippen LogP contribution in [-0.4, -0.2) is 78.9 Å². The minimum absolute atomic E-state index is 0.00427. The summed E-state index contributed by atoms with van der Waals surface area (Å²) in [7, 11) is 0. The highest BCUT2D eigenvalue weighted by Crippen LogP contribution is 2.14. The summed E-state index contributed by atoms with van der Waals surface area (Å²) in [6, 6.07) is 9.34. The molecule has 0 atom stereocenters. The van der Waals surface area contributed by atoms with Gasteiger partial charge in [0.15, 0.2) is 6.61 Å². The van der Waals surface area contributed by atoms with E-state index in [1.807, 2.05) is 17.0 Å². The summed E-state index contributed by atoms with van der Waals surface area (Å²) in [5.41, 5.74) is 0.928. The molecule has 2 fully saturated rings. The summed E-state index contributed by atoms with van der Waals surface area (Å²) in [5.74, 6) is 0.807. The zero-order chi connectivity index (χ0) is 20.5. The van der Waals surface area contributed by atoms with Gasteiger partial charge in [-0.15, -0.1) is 0 Å². The maximum absolute atomic E-state index is 12.5. The van der Waals surface area contributed by atoms with Crippen molar-refractivity contribution in [1.82, 2.24) is 14.7 Å². The molecular formula is C22H30N4O3. The summed E-state index contributed by atoms with van der Waals surface area (Å²) in [6.07, 6.45) is 5.02. The molecule has 7 nitrogen and oxygen atoms in total. The SMILES string of the molecule is N#CCc1ccc(OCC(=O)N2CCN(CC(=O)N3CCCCCC3)CC2)cc1. The molecule has 2 aliphatic rings. The molecule has 0 N–H and O–H groups in total. The number of carbonyl (C=O) groups excluding carboxylic acids is 2. The van der Waals surface area contributed by atoms with Crippen molar-refractivity contribution in [2.75, 3.05) is 52.4 Å². The molecule has 7 heteroatoms. The minimum atomic E-state index is -0.0374. The van der Waals surface area contributed by atoms with Crippen LogP contribution in [0.5, 0.6) is 5.75 Å². The summed E-state index contributed by atoms with van der Waals surface area (Å²) >= 11 is 0. The van der Waals surface area contributed by atoms with Crippen molar-refractivity contribution in [3.05, 3.63) is 29.8 Å². The fraction of sp³-hybridized carbons (Fsp3) is 0.591. The van der Waals surface area contributed by atoms with E-state index in [9.17, 15) is 9.59 Å². The van der Waals surface area contributed by atoms with Gasteiger partial charge in [0.1, 0.15) is 5.75 Å². The van der Waals surface area contributed by atoms with E-state index in [2.05, 4.69) is 11.0 Å². The molecule has 0 spiro atoms. The van der Waals surface area contributed by atoms with Crippen LogP contribution in [0.2, 0.25) is 0 Å². The Morgan fingerprint density at radius 2 is 1.48 bits per heavy atom. The number of piperazine rings is 1. The van der Waals surface area contributed by atoms with Crippen LogP contribution in [0.15, 0.2) is 24.3 Å². The molecule has 0 bridgehead atoms. The number of carbonyl (C=O) groups is 2. The summed E-state index contributed by atoms with van der Waals surface area (Å²) in [5, 5.41) is 8.70. The predicted octanol–water partition coefficient (Wildman–Crippen LogP) is 1.68. The van der Waals surface area contributed by atoms with E-state index in [-0.39, 0.29) is 18.4 Å². The molecular weight excluding hydrogens is 368 g/mol. The van der Waals surface area contributed by atoms with Gasteiger partial charge >= 0.3 is 0 Å². The molecule has 1 aromatic rings. The number of nitrogens with zero attached hydrogens (tertiary/aromatic N) is 4. The number of rotatable bonds is 6. The summed E-state index contributed by atoms with van der Waals surface area (Å²) in [4.78, 5) is 30.9. The summed E-state index contributed by atoms with van der Waals surface area (Å²) in [6.45, 7) is 4.89. The lowest BCUT2D eigenvalue weighted by Crippen LogP contribution is -2.52. The van der Waals surface area contributed by atoms with Gasteiger partial charge in [-0.1, -0.05) is 25.0 Å². The number of ether oxygens (including phenoxy) is 1. The first-order valence-corrected chi connectivity index (χ1v) is 10.5. The zero-order valence-corrected chi connectivity index (χ0v) is 17.0. The Kier molecular flexibility index (Phi) is 7.88. The Hall–Kier alpha value is -2.59. The molecule has 0 aromatic heterocycles. The number of hydrogen-bond acceptors (Lipinski definition) is 5. The quantitative estimate of drug-likeness (QED) is 0.729. The number of likely N-dealkylation sites (tertiary alicyclic amines) is 1. The summed E-state index contributed by atoms with van der Waals surface area (Å²) < 4.78 is 5.59. The Bertz CT molecular complexity index is 713. The maximum Gasteiger partial charge on any atom is 0.260 e. The third-order valence-electron chi connectivity index (χ3n) is 5.61. The molecule has 2 amide bonds. The first kappa shape index (κ1) is 21.1. The minimum Gasteiger partial charge on any atom is -0.484 e. The zero-order valence-electron chi connectivity index (χ0n) is 17.0. The van der Waals surface area contributed by atoms with Gasteiger partial charge < -0.3 is 14.5 Å². The second kappa shape index (κ2) is 10.8. The van der Waals surface area contributed by atoms with Crippen LogP contribution in [0.25, 0.3) is 0 Å². The first-order valence-electron chi connectivity index (χ1n) is 10.5. The van der Waals surface area contributed by atoms with Crippen molar-refractivity contribution >= 4 is 11.8 Å². The third kappa shape index (κ3) is 6.47. The number of nitriles is 1. The van der Waals surface area contributed by atoms with Gasteiger partial charge in [0.05, 0.1) is 19.0 Å². The fourth-order valence-corrected chi connectivity index (χ4v) is 3.80. The van der Waals surface area contributed by atoms with Crippen molar-refractivity contribution < 1.29 is 14.3 Å². The second-order valence-corrected chi connectivity index (χ2v) is 7.72. The molecule has 0 radical (unpaired) electrons. The average Bonchev–Trinajstić information content (AvgIpc) is 3.03. The molecule has 3 rings (SSSR count). The van der Waals surface area contributed by atoms with Crippen molar-refractivity contribution in [3.63, 3.8) is 0 Å². The van der Waals surface area contributed by atoms with Crippen molar-refractivity contribution in [1.29, 1.82) is 5.26 Å². The van der Waals surface area contributed by atoms with Gasteiger partial charge in [-0.3, -0.25) is 14.5 Å². The lowest BCUT2D eigenvalue weighted by molar-refractivity contribution is -0.136. The standard InChI is InChI=1S/C22H30N4O3/c23-10-9-19-5-7-20(8-6-19)29-18-22(28)26-15-13-24(14-16-26)17-21(27)25-11-3-1-2-4-12-25/h5-8H,1-4,9,11-18H2. The Labute approximate surface area is 172 Å². The number of hydrogen-bond donors (Lipinski definition) is 0. The fourth-order valence-electron chi connectivity index (χ4n) is 3.80. The predicted molar refractivity (Wildman–Crippen MR) is 109 cm³/mol. The van der Waals surface area contributed by atoms with E-state index in [0.29, 0.717) is 44.9 Å². The highest BCUT2D eigenvalue weighted by atomic mass is 16.5. The van der Waals surface area contributed by atoms with E-state index < -0.39 is 0 Å². The van der Waals surface area contributed by atoms with Crippen LogP contribution < -0.4 is 4.74 Å². The largest absolute Gasteiger partial charge is 0.484 e. The van der Waals surface area contributed by atoms with Crippen LogP contribution in [0.3, 0.4) is 0 Å². The van der Waals surface area contributed by atoms with Crippen LogP contribution >= 0.6 is 0 Å². The Morgan fingerprint density at radius 1 is 0.862 bits per heavy atom. The maximum atomic E-state index is 12.5. The van der Waals surface area contributed by atoms with Crippen LogP contribution in [0.4, 0.5) is 0 Å². The van der Waals surface area contributed by atoms with E-state index in [4.69, 9.17) is 10.00 Å². The molecule has 0 unspecified atom stereocenters. The van der Waals surface area contributed by atoms with Crippen molar-refractivity contribution in [2.45, 2.75) is 32.1 Å². The van der Waals surface area contributed by atoms with Gasteiger partial charge in [-0.05, 0) is 30.5 Å². The van der Waals surface area contributed by atoms with Crippen LogP contribution in [-0.2, 0) is 16.0 Å². The number of amides is 2. The second-order valence-electron chi connectivity index (χ2n) is 7.72. The van der Waals surface area contributed by atoms with E-state index in [1.165, 1.54) is 12.8 Å². The Balaban J connectivity index is 1.37.